The normalized spacial score (nSPS) is 13.1. The summed E-state index contributed by atoms with van der Waals surface area (Å²) in [7, 11) is -3.55. The van der Waals surface area contributed by atoms with E-state index < -0.39 is 16.1 Å². The Labute approximate surface area is 227 Å². The van der Waals surface area contributed by atoms with Crippen LogP contribution in [-0.2, 0) is 26.2 Å². The predicted octanol–water partition coefficient (Wildman–Crippen LogP) is 5.23. The van der Waals surface area contributed by atoms with Crippen LogP contribution in [0.15, 0.2) is 42.5 Å². The third-order valence-corrected chi connectivity index (χ3v) is 8.23. The number of sulfonamides is 1. The average Bonchev–Trinajstić information content (AvgIpc) is 2.84. The minimum atomic E-state index is -3.55. The van der Waals surface area contributed by atoms with E-state index in [1.165, 1.54) is 10.6 Å². The van der Waals surface area contributed by atoms with Crippen molar-refractivity contribution in [1.82, 2.24) is 10.2 Å². The summed E-state index contributed by atoms with van der Waals surface area (Å²) < 4.78 is 26.6. The van der Waals surface area contributed by atoms with E-state index >= 15 is 0 Å². The molecule has 9 heteroatoms. The maximum Gasteiger partial charge on any atom is 0.243 e. The molecule has 0 saturated carbocycles. The van der Waals surface area contributed by atoms with Crippen LogP contribution in [0.3, 0.4) is 0 Å². The lowest BCUT2D eigenvalue weighted by Gasteiger charge is -2.32. The topological polar surface area (TPSA) is 86.8 Å². The monoisotopic (exact) mass is 549 g/mol. The molecule has 0 heterocycles. The largest absolute Gasteiger partial charge is 0.352 e. The average molecular weight is 550 g/mol. The Morgan fingerprint density at radius 1 is 1.03 bits per heavy atom. The first-order chi connectivity index (χ1) is 17.4. The van der Waals surface area contributed by atoms with Crippen LogP contribution in [0.2, 0.25) is 5.02 Å². The molecule has 0 radical (unpaired) electrons. The lowest BCUT2D eigenvalue weighted by Crippen LogP contribution is -2.50. The van der Waals surface area contributed by atoms with Crippen LogP contribution >= 0.6 is 11.6 Å². The Morgan fingerprint density at radius 3 is 2.30 bits per heavy atom. The molecule has 0 saturated heterocycles. The maximum absolute atomic E-state index is 13.5. The molecule has 2 atom stereocenters. The van der Waals surface area contributed by atoms with Gasteiger partial charge in [-0.15, -0.1) is 0 Å². The fraction of sp³-hybridized carbons (Fsp3) is 0.500. The fourth-order valence-corrected chi connectivity index (χ4v) is 5.37. The second-order valence-corrected chi connectivity index (χ2v) is 11.8. The van der Waals surface area contributed by atoms with Gasteiger partial charge >= 0.3 is 0 Å². The van der Waals surface area contributed by atoms with Gasteiger partial charge in [0.25, 0.3) is 0 Å². The van der Waals surface area contributed by atoms with Crippen LogP contribution in [0.25, 0.3) is 0 Å². The zero-order valence-electron chi connectivity index (χ0n) is 22.8. The highest BCUT2D eigenvalue weighted by atomic mass is 35.5. The number of carbonyl (C=O) groups is 2. The van der Waals surface area contributed by atoms with E-state index in [9.17, 15) is 18.0 Å². The molecule has 7 nitrogen and oxygen atoms in total. The number of hydrogen-bond donors (Lipinski definition) is 1. The summed E-state index contributed by atoms with van der Waals surface area (Å²) in [6.45, 7) is 9.97. The van der Waals surface area contributed by atoms with Gasteiger partial charge in [-0.3, -0.25) is 13.9 Å². The number of anilines is 1. The first-order valence-electron chi connectivity index (χ1n) is 12.8. The highest BCUT2D eigenvalue weighted by Crippen LogP contribution is 2.26. The number of amides is 2. The van der Waals surface area contributed by atoms with Crippen LogP contribution in [0.4, 0.5) is 5.69 Å². The van der Waals surface area contributed by atoms with E-state index in [1.807, 2.05) is 65.0 Å². The van der Waals surface area contributed by atoms with Gasteiger partial charge in [0.2, 0.25) is 21.8 Å². The predicted molar refractivity (Wildman–Crippen MR) is 151 cm³/mol. The summed E-state index contributed by atoms with van der Waals surface area (Å²) in [5.74, 6) is -0.425. The summed E-state index contributed by atoms with van der Waals surface area (Å²) >= 11 is 6.39. The van der Waals surface area contributed by atoms with Gasteiger partial charge in [0.05, 0.1) is 11.9 Å². The number of benzene rings is 2. The molecule has 0 aliphatic rings. The molecule has 204 valence electrons. The van der Waals surface area contributed by atoms with Gasteiger partial charge in [-0.25, -0.2) is 8.42 Å². The van der Waals surface area contributed by atoms with E-state index in [0.29, 0.717) is 23.6 Å². The molecule has 0 bridgehead atoms. The number of nitrogens with zero attached hydrogens (tertiary/aromatic N) is 2. The zero-order valence-corrected chi connectivity index (χ0v) is 24.3. The molecular weight excluding hydrogens is 510 g/mol. The maximum atomic E-state index is 13.5. The van der Waals surface area contributed by atoms with Crippen LogP contribution in [0, 0.1) is 13.8 Å². The van der Waals surface area contributed by atoms with Crippen LogP contribution in [-0.4, -0.2) is 50.0 Å². The number of rotatable bonds is 13. The van der Waals surface area contributed by atoms with E-state index in [-0.39, 0.29) is 37.4 Å². The lowest BCUT2D eigenvalue weighted by molar-refractivity contribution is -0.141. The zero-order chi connectivity index (χ0) is 27.8. The SMILES string of the molecule is CC[C@@H](C)NC(=O)[C@H](CC)N(Cc1ccccc1Cl)C(=O)CCCN(c1cccc(C)c1C)S(C)(=O)=O. The van der Waals surface area contributed by atoms with Gasteiger partial charge in [0, 0.05) is 30.6 Å². The van der Waals surface area contributed by atoms with Crippen molar-refractivity contribution >= 4 is 39.1 Å². The van der Waals surface area contributed by atoms with Crippen molar-refractivity contribution in [2.75, 3.05) is 17.1 Å². The number of carbonyl (C=O) groups excluding carboxylic acids is 2. The lowest BCUT2D eigenvalue weighted by atomic mass is 10.1. The molecule has 0 fully saturated rings. The molecule has 0 aromatic heterocycles. The van der Waals surface area contributed by atoms with Gasteiger partial charge in [0.15, 0.2) is 0 Å². The third kappa shape index (κ3) is 8.47. The Bertz CT molecular complexity index is 1190. The minimum absolute atomic E-state index is 0.0142. The highest BCUT2D eigenvalue weighted by molar-refractivity contribution is 7.92. The van der Waals surface area contributed by atoms with Gasteiger partial charge in [-0.2, -0.15) is 0 Å². The van der Waals surface area contributed by atoms with Crippen molar-refractivity contribution in [3.63, 3.8) is 0 Å². The Balaban J connectivity index is 2.27. The van der Waals surface area contributed by atoms with E-state index in [1.54, 1.807) is 17.0 Å². The quantitative estimate of drug-likeness (QED) is 0.371. The Kier molecular flexibility index (Phi) is 11.4. The van der Waals surface area contributed by atoms with Crippen molar-refractivity contribution < 1.29 is 18.0 Å². The number of halogens is 1. The van der Waals surface area contributed by atoms with Crippen molar-refractivity contribution in [3.05, 3.63) is 64.2 Å². The van der Waals surface area contributed by atoms with E-state index in [4.69, 9.17) is 11.6 Å². The summed E-state index contributed by atoms with van der Waals surface area (Å²) in [5.41, 5.74) is 3.24. The van der Waals surface area contributed by atoms with Crippen LogP contribution in [0.5, 0.6) is 0 Å². The van der Waals surface area contributed by atoms with Crippen molar-refractivity contribution in [3.8, 4) is 0 Å². The van der Waals surface area contributed by atoms with E-state index in [2.05, 4.69) is 5.32 Å². The molecule has 2 aromatic carbocycles. The van der Waals surface area contributed by atoms with Crippen LogP contribution in [0.1, 0.15) is 63.1 Å². The van der Waals surface area contributed by atoms with Crippen molar-refractivity contribution in [1.29, 1.82) is 0 Å². The molecule has 1 N–H and O–H groups in total. The molecular formula is C28H40ClN3O4S. The van der Waals surface area contributed by atoms with Crippen LogP contribution < -0.4 is 9.62 Å². The van der Waals surface area contributed by atoms with Gasteiger partial charge in [-0.05, 0) is 68.9 Å². The standard InChI is InChI=1S/C28H40ClN3O4S/c1-7-21(4)30-28(34)25(8-2)31(19-23-14-9-10-15-24(23)29)27(33)17-12-18-32(37(6,35)36)26-16-11-13-20(3)22(26)5/h9-11,13-16,21,25H,7-8,12,17-19H2,1-6H3,(H,30,34)/t21-,25+/m1/s1. The van der Waals surface area contributed by atoms with Crippen molar-refractivity contribution in [2.45, 2.75) is 78.9 Å². The first-order valence-corrected chi connectivity index (χ1v) is 15.0. The second kappa shape index (κ2) is 13.8. The molecule has 2 aromatic rings. The van der Waals surface area contributed by atoms with Gasteiger partial charge in [0.1, 0.15) is 6.04 Å². The Hall–Kier alpha value is -2.58. The molecule has 2 rings (SSSR count). The summed E-state index contributed by atoms with van der Waals surface area (Å²) in [4.78, 5) is 28.2. The third-order valence-electron chi connectivity index (χ3n) is 6.68. The molecule has 2 amide bonds. The first kappa shape index (κ1) is 30.6. The van der Waals surface area contributed by atoms with Gasteiger partial charge in [-0.1, -0.05) is 55.8 Å². The summed E-state index contributed by atoms with van der Waals surface area (Å²) in [6.07, 6.45) is 2.79. The highest BCUT2D eigenvalue weighted by Gasteiger charge is 2.30. The molecule has 37 heavy (non-hydrogen) atoms. The smallest absolute Gasteiger partial charge is 0.243 e. The van der Waals surface area contributed by atoms with E-state index in [0.717, 1.165) is 23.1 Å². The molecule has 0 unspecified atom stereocenters. The summed E-state index contributed by atoms with van der Waals surface area (Å²) in [6, 6.07) is 12.1. The Morgan fingerprint density at radius 2 is 1.70 bits per heavy atom. The number of hydrogen-bond acceptors (Lipinski definition) is 4. The summed E-state index contributed by atoms with van der Waals surface area (Å²) in [5, 5.41) is 3.51. The van der Waals surface area contributed by atoms with Gasteiger partial charge < -0.3 is 10.2 Å². The molecule has 0 spiro atoms. The number of nitrogens with one attached hydrogen (secondary N) is 1. The minimum Gasteiger partial charge on any atom is -0.352 e. The molecule has 0 aliphatic carbocycles. The molecule has 0 aliphatic heterocycles. The second-order valence-electron chi connectivity index (χ2n) is 9.51. The number of aryl methyl sites for hydroxylation is 1. The van der Waals surface area contributed by atoms with Crippen molar-refractivity contribution in [2.24, 2.45) is 0 Å². The fourth-order valence-electron chi connectivity index (χ4n) is 4.16.